The number of anilines is 1. The van der Waals surface area contributed by atoms with Crippen molar-refractivity contribution in [3.05, 3.63) is 65.2 Å². The van der Waals surface area contributed by atoms with Crippen molar-refractivity contribution in [2.24, 2.45) is 0 Å². The van der Waals surface area contributed by atoms with E-state index in [0.29, 0.717) is 22.9 Å². The number of hydrogen-bond acceptors (Lipinski definition) is 5. The number of imide groups is 2. The SMILES string of the molecule is CC[C@H](C)c1ccc(N2C(=O)NC(=O)/C(=C/c3ccc(OCC(=O)O)cc3)C2=O)cc1. The van der Waals surface area contributed by atoms with Gasteiger partial charge in [-0.05, 0) is 53.8 Å². The molecule has 1 atom stereocenters. The lowest BCUT2D eigenvalue weighted by Gasteiger charge is -2.26. The number of ether oxygens (including phenoxy) is 1. The summed E-state index contributed by atoms with van der Waals surface area (Å²) in [6, 6.07) is 12.5. The van der Waals surface area contributed by atoms with Gasteiger partial charge >= 0.3 is 12.0 Å². The van der Waals surface area contributed by atoms with E-state index in [2.05, 4.69) is 19.2 Å². The maximum Gasteiger partial charge on any atom is 0.341 e. The van der Waals surface area contributed by atoms with E-state index in [-0.39, 0.29) is 5.57 Å². The van der Waals surface area contributed by atoms with Gasteiger partial charge in [0.1, 0.15) is 11.3 Å². The summed E-state index contributed by atoms with van der Waals surface area (Å²) in [7, 11) is 0. The van der Waals surface area contributed by atoms with Crippen LogP contribution in [0.5, 0.6) is 5.75 Å². The lowest BCUT2D eigenvalue weighted by Crippen LogP contribution is -2.54. The first-order valence-corrected chi connectivity index (χ1v) is 9.76. The van der Waals surface area contributed by atoms with Crippen LogP contribution in [-0.4, -0.2) is 35.5 Å². The highest BCUT2D eigenvalue weighted by Gasteiger charge is 2.36. The van der Waals surface area contributed by atoms with Gasteiger partial charge < -0.3 is 9.84 Å². The number of carbonyl (C=O) groups excluding carboxylic acids is 3. The molecule has 1 fully saturated rings. The number of nitrogens with zero attached hydrogens (tertiary/aromatic N) is 1. The molecular weight excluding hydrogens is 400 g/mol. The van der Waals surface area contributed by atoms with Crippen molar-refractivity contribution in [3.8, 4) is 5.75 Å². The highest BCUT2D eigenvalue weighted by molar-refractivity contribution is 6.39. The van der Waals surface area contributed by atoms with Gasteiger partial charge in [0.25, 0.3) is 11.8 Å². The number of hydrogen-bond donors (Lipinski definition) is 2. The standard InChI is InChI=1S/C23H22N2O6/c1-3-14(2)16-6-8-17(9-7-16)25-22(29)19(21(28)24-23(25)30)12-15-4-10-18(11-5-15)31-13-20(26)27/h4-12,14H,3,13H2,1-2H3,(H,26,27)(H,24,28,30)/b19-12-/t14-/m0/s1. The number of benzene rings is 2. The molecule has 0 spiro atoms. The molecule has 0 aromatic heterocycles. The fraction of sp³-hybridized carbons (Fsp3) is 0.217. The second-order valence-electron chi connectivity index (χ2n) is 7.11. The lowest BCUT2D eigenvalue weighted by atomic mass is 9.98. The molecule has 1 heterocycles. The average molecular weight is 422 g/mol. The number of carboxylic acids is 1. The van der Waals surface area contributed by atoms with Crippen molar-refractivity contribution in [2.45, 2.75) is 26.2 Å². The number of carboxylic acid groups (broad SMARTS) is 1. The van der Waals surface area contributed by atoms with E-state index in [1.165, 1.54) is 18.2 Å². The van der Waals surface area contributed by atoms with Crippen molar-refractivity contribution < 1.29 is 29.0 Å². The summed E-state index contributed by atoms with van der Waals surface area (Å²) in [6.07, 6.45) is 2.33. The van der Waals surface area contributed by atoms with E-state index in [1.807, 2.05) is 12.1 Å². The van der Waals surface area contributed by atoms with Crippen LogP contribution in [0.25, 0.3) is 6.08 Å². The van der Waals surface area contributed by atoms with Gasteiger partial charge in [0.15, 0.2) is 6.61 Å². The average Bonchev–Trinajstić information content (AvgIpc) is 2.75. The third-order valence-corrected chi connectivity index (χ3v) is 4.99. The third-order valence-electron chi connectivity index (χ3n) is 4.99. The van der Waals surface area contributed by atoms with Gasteiger partial charge in [0.05, 0.1) is 5.69 Å². The summed E-state index contributed by atoms with van der Waals surface area (Å²) in [5.41, 5.74) is 1.78. The van der Waals surface area contributed by atoms with E-state index in [0.717, 1.165) is 16.9 Å². The molecule has 8 nitrogen and oxygen atoms in total. The molecule has 1 aliphatic rings. The Bertz CT molecular complexity index is 1040. The summed E-state index contributed by atoms with van der Waals surface area (Å²) in [4.78, 5) is 49.1. The molecule has 1 aliphatic heterocycles. The number of aliphatic carboxylic acids is 1. The molecule has 0 unspecified atom stereocenters. The molecule has 2 aromatic carbocycles. The second-order valence-corrected chi connectivity index (χ2v) is 7.11. The Balaban J connectivity index is 1.84. The zero-order valence-electron chi connectivity index (χ0n) is 17.1. The molecule has 4 amide bonds. The van der Waals surface area contributed by atoms with Gasteiger partial charge in [-0.3, -0.25) is 14.9 Å². The van der Waals surface area contributed by atoms with Gasteiger partial charge in [-0.25, -0.2) is 14.5 Å². The second kappa shape index (κ2) is 9.25. The van der Waals surface area contributed by atoms with Crippen LogP contribution >= 0.6 is 0 Å². The minimum atomic E-state index is -1.10. The first kappa shape index (κ1) is 21.8. The Hall–Kier alpha value is -3.94. The van der Waals surface area contributed by atoms with Crippen LogP contribution in [0.3, 0.4) is 0 Å². The first-order chi connectivity index (χ1) is 14.8. The molecule has 1 saturated heterocycles. The van der Waals surface area contributed by atoms with E-state index in [1.54, 1.807) is 24.3 Å². The molecule has 0 saturated carbocycles. The summed E-state index contributed by atoms with van der Waals surface area (Å²) in [6.45, 7) is 3.69. The molecule has 0 radical (unpaired) electrons. The zero-order valence-corrected chi connectivity index (χ0v) is 17.1. The van der Waals surface area contributed by atoms with E-state index in [9.17, 15) is 19.2 Å². The van der Waals surface area contributed by atoms with E-state index >= 15 is 0 Å². The molecule has 3 rings (SSSR count). The van der Waals surface area contributed by atoms with Gasteiger partial charge in [0, 0.05) is 0 Å². The normalized spacial score (nSPS) is 16.3. The van der Waals surface area contributed by atoms with Gasteiger partial charge in [0.2, 0.25) is 0 Å². The third kappa shape index (κ3) is 4.98. The van der Waals surface area contributed by atoms with E-state index < -0.39 is 30.4 Å². The van der Waals surface area contributed by atoms with Gasteiger partial charge in [-0.2, -0.15) is 0 Å². The molecule has 160 valence electrons. The summed E-state index contributed by atoms with van der Waals surface area (Å²) < 4.78 is 5.06. The highest BCUT2D eigenvalue weighted by Crippen LogP contribution is 2.26. The van der Waals surface area contributed by atoms with Crippen LogP contribution < -0.4 is 15.0 Å². The largest absolute Gasteiger partial charge is 0.482 e. The van der Waals surface area contributed by atoms with Crippen LogP contribution in [0.1, 0.15) is 37.3 Å². The maximum atomic E-state index is 13.0. The Morgan fingerprint density at radius 3 is 2.32 bits per heavy atom. The number of amides is 4. The monoisotopic (exact) mass is 422 g/mol. The zero-order chi connectivity index (χ0) is 22.5. The fourth-order valence-electron chi connectivity index (χ4n) is 3.05. The Morgan fingerprint density at radius 1 is 1.10 bits per heavy atom. The van der Waals surface area contributed by atoms with Gasteiger partial charge in [-0.15, -0.1) is 0 Å². The van der Waals surface area contributed by atoms with Crippen LogP contribution in [0, 0.1) is 0 Å². The predicted molar refractivity (Wildman–Crippen MR) is 114 cm³/mol. The molecular formula is C23H22N2O6. The lowest BCUT2D eigenvalue weighted by molar-refractivity contribution is -0.139. The summed E-state index contributed by atoms with van der Waals surface area (Å²) >= 11 is 0. The van der Waals surface area contributed by atoms with Crippen LogP contribution in [0.4, 0.5) is 10.5 Å². The van der Waals surface area contributed by atoms with Crippen molar-refractivity contribution in [3.63, 3.8) is 0 Å². The maximum absolute atomic E-state index is 13.0. The van der Waals surface area contributed by atoms with Crippen LogP contribution in [0.15, 0.2) is 54.1 Å². The number of urea groups is 1. The molecule has 2 aromatic rings. The Kier molecular flexibility index (Phi) is 6.49. The molecule has 8 heteroatoms. The number of carbonyl (C=O) groups is 4. The quantitative estimate of drug-likeness (QED) is 0.523. The van der Waals surface area contributed by atoms with Crippen molar-refractivity contribution in [1.29, 1.82) is 0 Å². The van der Waals surface area contributed by atoms with Crippen LogP contribution in [-0.2, 0) is 14.4 Å². The minimum absolute atomic E-state index is 0.190. The minimum Gasteiger partial charge on any atom is -0.482 e. The number of nitrogens with one attached hydrogen (secondary N) is 1. The number of barbiturate groups is 1. The topological polar surface area (TPSA) is 113 Å². The van der Waals surface area contributed by atoms with Crippen LogP contribution in [0.2, 0.25) is 0 Å². The Labute approximate surface area is 179 Å². The highest BCUT2D eigenvalue weighted by atomic mass is 16.5. The molecule has 0 aliphatic carbocycles. The van der Waals surface area contributed by atoms with Crippen molar-refractivity contribution >= 4 is 35.6 Å². The van der Waals surface area contributed by atoms with Crippen molar-refractivity contribution in [2.75, 3.05) is 11.5 Å². The molecule has 2 N–H and O–H groups in total. The summed E-state index contributed by atoms with van der Waals surface area (Å²) in [5, 5.41) is 10.8. The first-order valence-electron chi connectivity index (χ1n) is 9.76. The van der Waals surface area contributed by atoms with E-state index in [4.69, 9.17) is 9.84 Å². The Morgan fingerprint density at radius 2 is 1.74 bits per heavy atom. The molecule has 31 heavy (non-hydrogen) atoms. The smallest absolute Gasteiger partial charge is 0.341 e. The van der Waals surface area contributed by atoms with Gasteiger partial charge in [-0.1, -0.05) is 38.1 Å². The molecule has 0 bridgehead atoms. The fourth-order valence-corrected chi connectivity index (χ4v) is 3.05. The van der Waals surface area contributed by atoms with Crippen molar-refractivity contribution in [1.82, 2.24) is 5.32 Å². The summed E-state index contributed by atoms with van der Waals surface area (Å²) in [5.74, 6) is -1.93. The predicted octanol–water partition coefficient (Wildman–Crippen LogP) is 3.33. The number of rotatable bonds is 7.